The molecule has 0 atom stereocenters. The van der Waals surface area contributed by atoms with Crippen LogP contribution in [0.25, 0.3) is 0 Å². The van der Waals surface area contributed by atoms with Crippen LogP contribution in [0.2, 0.25) is 0 Å². The monoisotopic (exact) mass is 365 g/mol. The van der Waals surface area contributed by atoms with Crippen LogP contribution in [-0.2, 0) is 14.8 Å². The van der Waals surface area contributed by atoms with Crippen LogP contribution in [0.5, 0.6) is 5.75 Å². The second-order valence-corrected chi connectivity index (χ2v) is 7.85. The molecule has 2 N–H and O–H groups in total. The molecule has 0 spiro atoms. The minimum atomic E-state index is -3.84. The maximum Gasteiger partial charge on any atom is 0.241 e. The Kier molecular flexibility index (Phi) is 5.60. The minimum Gasteiger partial charge on any atom is -0.489 e. The Balaban J connectivity index is 2.90. The first-order valence-electron chi connectivity index (χ1n) is 6.10. The van der Waals surface area contributed by atoms with E-state index in [9.17, 15) is 8.42 Å². The van der Waals surface area contributed by atoms with E-state index in [1.165, 1.54) is 6.07 Å². The van der Waals surface area contributed by atoms with Crippen LogP contribution in [0.15, 0.2) is 21.5 Å². The van der Waals surface area contributed by atoms with Crippen molar-refractivity contribution in [3.05, 3.63) is 22.2 Å². The number of ether oxygens (including phenoxy) is 2. The average molecular weight is 366 g/mol. The van der Waals surface area contributed by atoms with Gasteiger partial charge in [0.25, 0.3) is 0 Å². The molecule has 0 aliphatic heterocycles. The highest BCUT2D eigenvalue weighted by molar-refractivity contribution is 9.10. The van der Waals surface area contributed by atoms with Crippen molar-refractivity contribution in [3.8, 4) is 5.75 Å². The number of benzene rings is 1. The van der Waals surface area contributed by atoms with E-state index < -0.39 is 10.0 Å². The van der Waals surface area contributed by atoms with E-state index in [1.807, 2.05) is 20.8 Å². The molecule has 0 aliphatic carbocycles. The van der Waals surface area contributed by atoms with Gasteiger partial charge in [-0.15, -0.1) is 0 Å². The van der Waals surface area contributed by atoms with E-state index in [1.54, 1.807) is 13.0 Å². The summed E-state index contributed by atoms with van der Waals surface area (Å²) in [6.45, 7) is 8.19. The number of nitrogens with two attached hydrogens (primary N) is 1. The number of sulfonamides is 1. The first-order chi connectivity index (χ1) is 9.00. The summed E-state index contributed by atoms with van der Waals surface area (Å²) < 4.78 is 34.9. The molecule has 1 rings (SSSR count). The van der Waals surface area contributed by atoms with Crippen LogP contribution in [0.1, 0.15) is 26.3 Å². The summed E-state index contributed by atoms with van der Waals surface area (Å²) in [5, 5.41) is 5.21. The molecule has 1 aromatic rings. The van der Waals surface area contributed by atoms with Gasteiger partial charge in [0.2, 0.25) is 10.0 Å². The van der Waals surface area contributed by atoms with Crippen LogP contribution in [0.4, 0.5) is 0 Å². The zero-order valence-electron chi connectivity index (χ0n) is 12.1. The molecular formula is C13H20BrNO4S. The van der Waals surface area contributed by atoms with Crippen LogP contribution in [0, 0.1) is 6.92 Å². The fourth-order valence-electron chi connectivity index (χ4n) is 1.59. The molecular weight excluding hydrogens is 346 g/mol. The van der Waals surface area contributed by atoms with Crippen LogP contribution >= 0.6 is 15.9 Å². The van der Waals surface area contributed by atoms with Crippen molar-refractivity contribution in [3.63, 3.8) is 0 Å². The lowest BCUT2D eigenvalue weighted by atomic mass is 10.2. The third kappa shape index (κ3) is 5.40. The van der Waals surface area contributed by atoms with Crippen molar-refractivity contribution >= 4 is 26.0 Å². The fraction of sp³-hybridized carbons (Fsp3) is 0.538. The molecule has 20 heavy (non-hydrogen) atoms. The Morgan fingerprint density at radius 2 is 1.85 bits per heavy atom. The first-order valence-corrected chi connectivity index (χ1v) is 8.44. The van der Waals surface area contributed by atoms with E-state index >= 15 is 0 Å². The zero-order valence-corrected chi connectivity index (χ0v) is 14.5. The average Bonchev–Trinajstić information content (AvgIpc) is 2.23. The predicted octanol–water partition coefficient (Wildman–Crippen LogP) is 2.60. The van der Waals surface area contributed by atoms with Crippen LogP contribution < -0.4 is 9.88 Å². The molecule has 0 saturated heterocycles. The zero-order chi connectivity index (χ0) is 15.6. The number of halogens is 1. The van der Waals surface area contributed by atoms with Gasteiger partial charge in [0.05, 0.1) is 12.2 Å². The summed E-state index contributed by atoms with van der Waals surface area (Å²) in [6.07, 6.45) is 0. The molecule has 0 fully saturated rings. The predicted molar refractivity (Wildman–Crippen MR) is 81.5 cm³/mol. The highest BCUT2D eigenvalue weighted by Crippen LogP contribution is 2.30. The molecule has 1 aromatic carbocycles. The molecule has 0 radical (unpaired) electrons. The maximum absolute atomic E-state index is 11.6. The molecule has 5 nitrogen and oxygen atoms in total. The Labute approximate surface area is 128 Å². The number of primary sulfonamides is 1. The summed E-state index contributed by atoms with van der Waals surface area (Å²) in [4.78, 5) is -0.0277. The molecule has 114 valence electrons. The van der Waals surface area contributed by atoms with Crippen molar-refractivity contribution in [1.29, 1.82) is 0 Å². The van der Waals surface area contributed by atoms with E-state index in [0.717, 1.165) is 0 Å². The van der Waals surface area contributed by atoms with Gasteiger partial charge in [0.15, 0.2) is 0 Å². The highest BCUT2D eigenvalue weighted by Gasteiger charge is 2.19. The van der Waals surface area contributed by atoms with Gasteiger partial charge in [-0.1, -0.05) is 15.9 Å². The largest absolute Gasteiger partial charge is 0.489 e. The Morgan fingerprint density at radius 1 is 1.25 bits per heavy atom. The standard InChI is InChI=1S/C13H20BrNO4S/c1-9-7-10(14)8-11(20(15,16)17)12(9)18-5-6-19-13(2,3)4/h7-8H,5-6H2,1-4H3,(H2,15,16,17). The SMILES string of the molecule is Cc1cc(Br)cc(S(N)(=O)=O)c1OCCOC(C)(C)C. The quantitative estimate of drug-likeness (QED) is 0.813. The second kappa shape index (κ2) is 6.43. The van der Waals surface area contributed by atoms with E-state index in [-0.39, 0.29) is 22.9 Å². The van der Waals surface area contributed by atoms with E-state index in [4.69, 9.17) is 14.6 Å². The molecule has 7 heteroatoms. The normalized spacial score (nSPS) is 12.5. The molecule has 0 bridgehead atoms. The summed E-state index contributed by atoms with van der Waals surface area (Å²) in [6, 6.07) is 3.21. The lowest BCUT2D eigenvalue weighted by molar-refractivity contribution is -0.0167. The highest BCUT2D eigenvalue weighted by atomic mass is 79.9. The van der Waals surface area contributed by atoms with Crippen molar-refractivity contribution < 1.29 is 17.9 Å². The lowest BCUT2D eigenvalue weighted by Crippen LogP contribution is -2.23. The molecule has 0 unspecified atom stereocenters. The van der Waals surface area contributed by atoms with Crippen LogP contribution in [-0.4, -0.2) is 27.2 Å². The van der Waals surface area contributed by atoms with Gasteiger partial charge >= 0.3 is 0 Å². The van der Waals surface area contributed by atoms with E-state index in [2.05, 4.69) is 15.9 Å². The van der Waals surface area contributed by atoms with Crippen LogP contribution in [0.3, 0.4) is 0 Å². The second-order valence-electron chi connectivity index (χ2n) is 5.40. The summed E-state index contributed by atoms with van der Waals surface area (Å²) in [5.74, 6) is 0.271. The van der Waals surface area contributed by atoms with Crippen molar-refractivity contribution in [2.75, 3.05) is 13.2 Å². The van der Waals surface area contributed by atoms with Crippen molar-refractivity contribution in [2.45, 2.75) is 38.2 Å². The van der Waals surface area contributed by atoms with Gasteiger partial charge in [0, 0.05) is 4.47 Å². The van der Waals surface area contributed by atoms with Gasteiger partial charge in [0.1, 0.15) is 17.3 Å². The third-order valence-electron chi connectivity index (χ3n) is 2.38. The Morgan fingerprint density at radius 3 is 2.35 bits per heavy atom. The summed E-state index contributed by atoms with van der Waals surface area (Å²) in [7, 11) is -3.84. The van der Waals surface area contributed by atoms with Gasteiger partial charge in [-0.3, -0.25) is 0 Å². The molecule has 0 saturated carbocycles. The smallest absolute Gasteiger partial charge is 0.241 e. The Bertz CT molecular complexity index is 579. The molecule has 0 aliphatic rings. The molecule has 0 amide bonds. The summed E-state index contributed by atoms with van der Waals surface area (Å²) in [5.41, 5.74) is 0.431. The van der Waals surface area contributed by atoms with E-state index in [0.29, 0.717) is 16.6 Å². The maximum atomic E-state index is 11.6. The van der Waals surface area contributed by atoms with Gasteiger partial charge < -0.3 is 9.47 Å². The lowest BCUT2D eigenvalue weighted by Gasteiger charge is -2.20. The van der Waals surface area contributed by atoms with Gasteiger partial charge in [-0.2, -0.15) is 0 Å². The molecule has 0 heterocycles. The number of hydrogen-bond donors (Lipinski definition) is 1. The number of hydrogen-bond acceptors (Lipinski definition) is 4. The van der Waals surface area contributed by atoms with Crippen molar-refractivity contribution in [1.82, 2.24) is 0 Å². The van der Waals surface area contributed by atoms with Gasteiger partial charge in [-0.05, 0) is 45.4 Å². The third-order valence-corrected chi connectivity index (χ3v) is 3.75. The topological polar surface area (TPSA) is 78.6 Å². The van der Waals surface area contributed by atoms with Crippen molar-refractivity contribution in [2.24, 2.45) is 5.14 Å². The minimum absolute atomic E-state index is 0.0277. The number of aryl methyl sites for hydroxylation is 1. The summed E-state index contributed by atoms with van der Waals surface area (Å²) >= 11 is 3.25. The fourth-order valence-corrected chi connectivity index (χ4v) is 3.08. The van der Waals surface area contributed by atoms with Gasteiger partial charge in [-0.25, -0.2) is 13.6 Å². The first kappa shape index (κ1) is 17.4. The molecule has 0 aromatic heterocycles. The number of rotatable bonds is 5. The Hall–Kier alpha value is -0.630.